The van der Waals surface area contributed by atoms with Gasteiger partial charge in [0.15, 0.2) is 0 Å². The maximum atomic E-state index is 12.8. The third-order valence-electron chi connectivity index (χ3n) is 8.90. The van der Waals surface area contributed by atoms with Crippen LogP contribution in [0.5, 0.6) is 17.2 Å². The fourth-order valence-corrected chi connectivity index (χ4v) is 5.90. The maximum Gasteiger partial charge on any atom is 0.343 e. The van der Waals surface area contributed by atoms with Crippen LogP contribution < -0.4 is 14.2 Å². The zero-order valence-corrected chi connectivity index (χ0v) is 30.8. The normalized spacial score (nSPS) is 12.1. The molecule has 2 atom stereocenters. The highest BCUT2D eigenvalue weighted by Gasteiger charge is 2.11. The molecule has 3 rings (SSSR count). The molecule has 0 N–H and O–H groups in total. The summed E-state index contributed by atoms with van der Waals surface area (Å²) in [4.78, 5) is 23.8. The molecule has 0 heterocycles. The lowest BCUT2D eigenvalue weighted by Gasteiger charge is -2.15. The SMILES string of the molecule is C=CC(=O)OCCCCCCCCCCCCC(C)Oc1ccc(C(=O)Oc2ccc(-c3ccc(OC(C)CCCCCC)cc3)cc2)cc1. The molecule has 0 aliphatic carbocycles. The third kappa shape index (κ3) is 16.6. The summed E-state index contributed by atoms with van der Waals surface area (Å²) in [5.41, 5.74) is 2.61. The van der Waals surface area contributed by atoms with Crippen LogP contribution in [0.4, 0.5) is 0 Å². The number of carbonyl (C=O) groups excluding carboxylic acids is 2. The molecule has 6 heteroatoms. The monoisotopic (exact) mass is 684 g/mol. The van der Waals surface area contributed by atoms with E-state index in [0.717, 1.165) is 54.7 Å². The van der Waals surface area contributed by atoms with Crippen molar-refractivity contribution in [2.45, 2.75) is 136 Å². The van der Waals surface area contributed by atoms with Crippen LogP contribution in [0.1, 0.15) is 134 Å². The highest BCUT2D eigenvalue weighted by Crippen LogP contribution is 2.26. The Labute approximate surface area is 301 Å². The van der Waals surface area contributed by atoms with Crippen LogP contribution in [0.2, 0.25) is 0 Å². The van der Waals surface area contributed by atoms with Gasteiger partial charge in [-0.2, -0.15) is 0 Å². The highest BCUT2D eigenvalue weighted by molar-refractivity contribution is 5.91. The quantitative estimate of drug-likeness (QED) is 0.0363. The lowest BCUT2D eigenvalue weighted by atomic mass is 10.0. The average Bonchev–Trinajstić information content (AvgIpc) is 3.13. The number of hydrogen-bond acceptors (Lipinski definition) is 6. The summed E-state index contributed by atoms with van der Waals surface area (Å²) < 4.78 is 22.8. The highest BCUT2D eigenvalue weighted by atomic mass is 16.5. The van der Waals surface area contributed by atoms with Gasteiger partial charge in [0.2, 0.25) is 0 Å². The summed E-state index contributed by atoms with van der Waals surface area (Å²) in [5, 5.41) is 0. The van der Waals surface area contributed by atoms with Crippen molar-refractivity contribution >= 4 is 11.9 Å². The van der Waals surface area contributed by atoms with E-state index in [0.29, 0.717) is 17.9 Å². The Kier molecular flexibility index (Phi) is 19.5. The molecular weight excluding hydrogens is 624 g/mol. The van der Waals surface area contributed by atoms with Gasteiger partial charge in [0.25, 0.3) is 0 Å². The Bertz CT molecular complexity index is 1360. The molecule has 2 unspecified atom stereocenters. The van der Waals surface area contributed by atoms with Gasteiger partial charge >= 0.3 is 11.9 Å². The summed E-state index contributed by atoms with van der Waals surface area (Å²) in [6, 6.07) is 22.9. The molecule has 3 aromatic carbocycles. The summed E-state index contributed by atoms with van der Waals surface area (Å²) in [7, 11) is 0. The van der Waals surface area contributed by atoms with E-state index in [1.807, 2.05) is 48.5 Å². The number of esters is 2. The van der Waals surface area contributed by atoms with Crippen molar-refractivity contribution in [3.63, 3.8) is 0 Å². The molecule has 0 radical (unpaired) electrons. The summed E-state index contributed by atoms with van der Waals surface area (Å²) in [6.07, 6.45) is 20.5. The van der Waals surface area contributed by atoms with E-state index in [9.17, 15) is 9.59 Å². The van der Waals surface area contributed by atoms with E-state index in [2.05, 4.69) is 39.5 Å². The minimum absolute atomic E-state index is 0.115. The molecule has 0 aliphatic rings. The minimum atomic E-state index is -0.394. The second-order valence-electron chi connectivity index (χ2n) is 13.4. The molecule has 0 aliphatic heterocycles. The molecule has 0 saturated carbocycles. The second kappa shape index (κ2) is 24.2. The molecule has 272 valence electrons. The van der Waals surface area contributed by atoms with Gasteiger partial charge in [-0.25, -0.2) is 9.59 Å². The smallest absolute Gasteiger partial charge is 0.343 e. The number of carbonyl (C=O) groups is 2. The summed E-state index contributed by atoms with van der Waals surface area (Å²) in [6.45, 7) is 10.4. The number of rotatable bonds is 26. The zero-order valence-electron chi connectivity index (χ0n) is 30.8. The van der Waals surface area contributed by atoms with Crippen molar-refractivity contribution in [2.75, 3.05) is 6.61 Å². The lowest BCUT2D eigenvalue weighted by molar-refractivity contribution is -0.137. The van der Waals surface area contributed by atoms with Gasteiger partial charge in [-0.1, -0.05) is 108 Å². The van der Waals surface area contributed by atoms with E-state index in [4.69, 9.17) is 18.9 Å². The van der Waals surface area contributed by atoms with Gasteiger partial charge in [0.05, 0.1) is 24.4 Å². The first-order chi connectivity index (χ1) is 24.4. The first kappa shape index (κ1) is 40.4. The van der Waals surface area contributed by atoms with Crippen molar-refractivity contribution < 1.29 is 28.5 Å². The predicted molar refractivity (Wildman–Crippen MR) is 204 cm³/mol. The van der Waals surface area contributed by atoms with Gasteiger partial charge in [0, 0.05) is 6.08 Å². The van der Waals surface area contributed by atoms with E-state index in [1.54, 1.807) is 12.1 Å². The Hall–Kier alpha value is -4.06. The molecule has 0 saturated heterocycles. The van der Waals surface area contributed by atoms with Crippen LogP contribution in [0, 0.1) is 0 Å². The van der Waals surface area contributed by atoms with Crippen molar-refractivity contribution in [1.29, 1.82) is 0 Å². The van der Waals surface area contributed by atoms with Crippen LogP contribution in [0.3, 0.4) is 0 Å². The first-order valence-corrected chi connectivity index (χ1v) is 19.0. The zero-order chi connectivity index (χ0) is 35.8. The average molecular weight is 685 g/mol. The molecule has 6 nitrogen and oxygen atoms in total. The van der Waals surface area contributed by atoms with Crippen molar-refractivity contribution in [3.8, 4) is 28.4 Å². The molecule has 3 aromatic rings. The topological polar surface area (TPSA) is 71.1 Å². The third-order valence-corrected chi connectivity index (χ3v) is 8.90. The standard InChI is InChI=1S/C44H60O6/c1-5-7-8-17-20-35(3)48-40-28-22-37(23-29-40)38-24-30-42(31-25-38)50-44(46)39-26-32-41(33-27-39)49-36(4)21-18-15-13-11-9-10-12-14-16-19-34-47-43(45)6-2/h6,22-33,35-36H,2,5,7-21,34H2,1,3-4H3. The Balaban J connectivity index is 1.28. The predicted octanol–water partition coefficient (Wildman–Crippen LogP) is 12.1. The van der Waals surface area contributed by atoms with Gasteiger partial charge in [-0.3, -0.25) is 0 Å². The van der Waals surface area contributed by atoms with Crippen molar-refractivity contribution in [3.05, 3.63) is 91.0 Å². The van der Waals surface area contributed by atoms with Crippen LogP contribution >= 0.6 is 0 Å². The van der Waals surface area contributed by atoms with Crippen molar-refractivity contribution in [2.24, 2.45) is 0 Å². The largest absolute Gasteiger partial charge is 0.491 e. The number of hydrogen-bond donors (Lipinski definition) is 0. The Morgan fingerprint density at radius 2 is 1.00 bits per heavy atom. The number of unbranched alkanes of at least 4 members (excludes halogenated alkanes) is 12. The summed E-state index contributed by atoms with van der Waals surface area (Å²) >= 11 is 0. The van der Waals surface area contributed by atoms with Gasteiger partial charge < -0.3 is 18.9 Å². The first-order valence-electron chi connectivity index (χ1n) is 19.0. The van der Waals surface area contributed by atoms with Gasteiger partial charge in [-0.15, -0.1) is 0 Å². The fraction of sp³-hybridized carbons (Fsp3) is 0.500. The van der Waals surface area contributed by atoms with E-state index < -0.39 is 5.97 Å². The molecule has 0 bridgehead atoms. The summed E-state index contributed by atoms with van der Waals surface area (Å²) in [5.74, 6) is 1.42. The molecule has 0 amide bonds. The van der Waals surface area contributed by atoms with Crippen LogP contribution in [-0.4, -0.2) is 30.8 Å². The maximum absolute atomic E-state index is 12.8. The fourth-order valence-electron chi connectivity index (χ4n) is 5.90. The van der Waals surface area contributed by atoms with E-state index in [1.165, 1.54) is 76.7 Å². The van der Waals surface area contributed by atoms with Crippen molar-refractivity contribution in [1.82, 2.24) is 0 Å². The Morgan fingerprint density at radius 1 is 0.580 bits per heavy atom. The molecule has 50 heavy (non-hydrogen) atoms. The van der Waals surface area contributed by atoms with Crippen LogP contribution in [0.15, 0.2) is 85.5 Å². The Morgan fingerprint density at radius 3 is 1.48 bits per heavy atom. The lowest BCUT2D eigenvalue weighted by Crippen LogP contribution is -2.12. The number of benzene rings is 3. The minimum Gasteiger partial charge on any atom is -0.491 e. The molecule has 0 fully saturated rings. The van der Waals surface area contributed by atoms with Gasteiger partial charge in [-0.05, 0) is 106 Å². The van der Waals surface area contributed by atoms with Crippen LogP contribution in [0.25, 0.3) is 11.1 Å². The van der Waals surface area contributed by atoms with Crippen LogP contribution in [-0.2, 0) is 9.53 Å². The van der Waals surface area contributed by atoms with E-state index >= 15 is 0 Å². The second-order valence-corrected chi connectivity index (χ2v) is 13.4. The van der Waals surface area contributed by atoms with Gasteiger partial charge in [0.1, 0.15) is 17.2 Å². The molecule has 0 spiro atoms. The molecule has 0 aromatic heterocycles. The molecular formula is C44H60O6. The van der Waals surface area contributed by atoms with E-state index in [-0.39, 0.29) is 18.2 Å². The number of ether oxygens (including phenoxy) is 4.